The number of hydrogen-bond acceptors (Lipinski definition) is 3. The van der Waals surface area contributed by atoms with Crippen LogP contribution in [0.2, 0.25) is 0 Å². The Kier molecular flexibility index (Phi) is 9.50. The summed E-state index contributed by atoms with van der Waals surface area (Å²) in [5, 5.41) is 1.38. The van der Waals surface area contributed by atoms with Crippen LogP contribution in [0.1, 0.15) is 159 Å². The summed E-state index contributed by atoms with van der Waals surface area (Å²) < 4.78 is 2.89. The first-order chi connectivity index (χ1) is 28.1. The highest BCUT2D eigenvalue weighted by Gasteiger charge is 2.49. The second-order valence-corrected chi connectivity index (χ2v) is 26.2. The van der Waals surface area contributed by atoms with E-state index in [1.807, 2.05) is 0 Å². The quantitative estimate of drug-likeness (QED) is 0.186. The average molecular weight is 829 g/mol. The molecule has 4 heteroatoms. The van der Waals surface area contributed by atoms with E-state index in [2.05, 4.69) is 212 Å². The van der Waals surface area contributed by atoms with Crippen LogP contribution < -0.4 is 25.5 Å². The third-order valence-corrected chi connectivity index (χ3v) is 16.6. The molecule has 3 aliphatic carbocycles. The van der Waals surface area contributed by atoms with Gasteiger partial charge in [-0.1, -0.05) is 159 Å². The van der Waals surface area contributed by atoms with Gasteiger partial charge >= 0.3 is 0 Å². The number of nitrogens with zero attached hydrogens (tertiary/aromatic N) is 2. The lowest BCUT2D eigenvalue weighted by atomic mass is 9.35. The molecule has 0 fully saturated rings. The van der Waals surface area contributed by atoms with Crippen LogP contribution >= 0.6 is 11.3 Å². The van der Waals surface area contributed by atoms with Gasteiger partial charge in [-0.2, -0.15) is 0 Å². The fraction of sp³-hybridized carbons (Fsp3) is 0.509. The van der Waals surface area contributed by atoms with Crippen molar-refractivity contribution < 1.29 is 0 Å². The van der Waals surface area contributed by atoms with Crippen molar-refractivity contribution >= 4 is 66.6 Å². The van der Waals surface area contributed by atoms with E-state index in [0.29, 0.717) is 5.92 Å². The van der Waals surface area contributed by atoms with E-state index >= 15 is 0 Å². The second-order valence-electron chi connectivity index (χ2n) is 25.1. The Morgan fingerprint density at radius 3 is 1.98 bits per heavy atom. The number of allylic oxidation sites excluding steroid dienone is 5. The van der Waals surface area contributed by atoms with Crippen molar-refractivity contribution in [3.05, 3.63) is 112 Å². The minimum absolute atomic E-state index is 0.0314. The zero-order chi connectivity index (χ0) is 44.1. The molecule has 2 nitrogen and oxygen atoms in total. The molecule has 2 atom stereocenters. The van der Waals surface area contributed by atoms with Crippen molar-refractivity contribution in [2.75, 3.05) is 9.80 Å². The van der Waals surface area contributed by atoms with Crippen molar-refractivity contribution in [2.45, 2.75) is 166 Å². The second kappa shape index (κ2) is 13.6. The molecule has 9 rings (SSSR count). The Morgan fingerprint density at radius 2 is 1.39 bits per heavy atom. The first-order valence-electron chi connectivity index (χ1n) is 23.5. The summed E-state index contributed by atoms with van der Waals surface area (Å²) in [5.74, 6) is 0.509. The first kappa shape index (κ1) is 42.5. The lowest BCUT2D eigenvalue weighted by Gasteiger charge is -2.49. The van der Waals surface area contributed by atoms with Crippen LogP contribution in [-0.2, 0) is 16.2 Å². The molecule has 3 aromatic carbocycles. The number of anilines is 4. The molecule has 0 spiro atoms. The van der Waals surface area contributed by atoms with Crippen molar-refractivity contribution in [2.24, 2.45) is 22.2 Å². The van der Waals surface area contributed by atoms with Crippen molar-refractivity contribution in [1.29, 1.82) is 0 Å². The predicted octanol–water partition coefficient (Wildman–Crippen LogP) is 14.5. The maximum Gasteiger partial charge on any atom is 0.264 e. The molecule has 2 aliphatic heterocycles. The molecule has 61 heavy (non-hydrogen) atoms. The highest BCUT2D eigenvalue weighted by molar-refractivity contribution is 7.33. The van der Waals surface area contributed by atoms with E-state index in [1.165, 1.54) is 83.8 Å². The van der Waals surface area contributed by atoms with Crippen molar-refractivity contribution in [1.82, 2.24) is 0 Å². The maximum absolute atomic E-state index is 2.84. The van der Waals surface area contributed by atoms with E-state index in [1.54, 1.807) is 16.7 Å². The molecular weight excluding hydrogens is 756 g/mol. The Morgan fingerprint density at radius 1 is 0.738 bits per heavy atom. The van der Waals surface area contributed by atoms with Gasteiger partial charge in [-0.05, 0) is 140 Å². The molecule has 0 saturated carbocycles. The van der Waals surface area contributed by atoms with Gasteiger partial charge in [0.2, 0.25) is 0 Å². The Hall–Kier alpha value is -3.76. The monoisotopic (exact) mass is 829 g/mol. The van der Waals surface area contributed by atoms with Crippen LogP contribution in [0.5, 0.6) is 0 Å². The van der Waals surface area contributed by atoms with E-state index in [9.17, 15) is 0 Å². The lowest BCUT2D eigenvalue weighted by Crippen LogP contribution is -2.62. The van der Waals surface area contributed by atoms with Gasteiger partial charge in [-0.3, -0.25) is 0 Å². The van der Waals surface area contributed by atoms with Gasteiger partial charge in [0.1, 0.15) is 0 Å². The molecule has 5 aliphatic rings. The highest BCUT2D eigenvalue weighted by atomic mass is 32.1. The molecule has 0 radical (unpaired) electrons. The summed E-state index contributed by atoms with van der Waals surface area (Å²) in [6.07, 6.45) is 17.2. The summed E-state index contributed by atoms with van der Waals surface area (Å²) in [6.45, 7) is 41.1. The zero-order valence-electron chi connectivity index (χ0n) is 40.8. The van der Waals surface area contributed by atoms with Crippen LogP contribution in [0.15, 0.2) is 89.7 Å². The minimum Gasteiger partial charge on any atom is -0.335 e. The summed E-state index contributed by atoms with van der Waals surface area (Å²) in [7, 11) is 0. The molecular formula is C57H73BN2S. The highest BCUT2D eigenvalue weighted by Crippen LogP contribution is 2.52. The van der Waals surface area contributed by atoms with Gasteiger partial charge in [0, 0.05) is 37.6 Å². The summed E-state index contributed by atoms with van der Waals surface area (Å²) >= 11 is 2.06. The fourth-order valence-electron chi connectivity index (χ4n) is 11.2. The number of hydrogen-bond donors (Lipinski definition) is 0. The normalized spacial score (nSPS) is 22.0. The van der Waals surface area contributed by atoms with Crippen LogP contribution in [-0.4, -0.2) is 12.8 Å². The third-order valence-electron chi connectivity index (χ3n) is 15.4. The molecule has 0 bridgehead atoms. The Bertz CT molecular complexity index is 2610. The van der Waals surface area contributed by atoms with Crippen molar-refractivity contribution in [3.63, 3.8) is 0 Å². The zero-order valence-corrected chi connectivity index (χ0v) is 41.6. The third kappa shape index (κ3) is 6.96. The van der Waals surface area contributed by atoms with E-state index < -0.39 is 0 Å². The standard InChI is InChI=1S/C57H73BN2S/c1-34-26-46-49-47(27-34)60(39-21-18-35(19-22-39)52(2,3)4)50-41-23-20-36(53(5,6)7)31-48(41)61-51(50)58(49)44-32-42-43(57(16,17)25-24-56(42,14)15)33-45(44)59(46)40-29-37(54(8,9)10)28-38(30-40)55(11,12)13/h18,20-23,26-29,31-33,35,40H,19,24-25,30H2,1-17H3. The van der Waals surface area contributed by atoms with Crippen molar-refractivity contribution in [3.8, 4) is 0 Å². The number of fused-ring (bicyclic) bond motifs is 7. The Labute approximate surface area is 374 Å². The first-order valence-corrected chi connectivity index (χ1v) is 24.3. The van der Waals surface area contributed by atoms with E-state index in [-0.39, 0.29) is 45.2 Å². The molecule has 0 saturated heterocycles. The average Bonchev–Trinajstić information content (AvgIpc) is 3.53. The van der Waals surface area contributed by atoms with Gasteiger partial charge < -0.3 is 9.80 Å². The van der Waals surface area contributed by atoms with Gasteiger partial charge in [-0.15, -0.1) is 11.3 Å². The molecule has 0 amide bonds. The number of benzene rings is 3. The van der Waals surface area contributed by atoms with Crippen LogP contribution in [0, 0.1) is 29.1 Å². The largest absolute Gasteiger partial charge is 0.335 e. The van der Waals surface area contributed by atoms with Gasteiger partial charge in [0.25, 0.3) is 6.71 Å². The molecule has 1 aromatic heterocycles. The van der Waals surface area contributed by atoms with Gasteiger partial charge in [0.15, 0.2) is 0 Å². The van der Waals surface area contributed by atoms with Crippen LogP contribution in [0.25, 0.3) is 10.1 Å². The Balaban J connectivity index is 1.39. The predicted molar refractivity (Wildman–Crippen MR) is 271 cm³/mol. The molecule has 2 unspecified atom stereocenters. The fourth-order valence-corrected chi connectivity index (χ4v) is 12.5. The molecule has 0 N–H and O–H groups in total. The maximum atomic E-state index is 2.84. The van der Waals surface area contributed by atoms with Gasteiger partial charge in [0.05, 0.1) is 11.7 Å². The number of rotatable bonds is 2. The smallest absolute Gasteiger partial charge is 0.264 e. The molecule has 3 heterocycles. The van der Waals surface area contributed by atoms with E-state index in [0.717, 1.165) is 12.8 Å². The summed E-state index contributed by atoms with van der Waals surface area (Å²) in [6, 6.07) is 18.1. The SMILES string of the molecule is Cc1cc2c3c(c1)N(C1C=C(C(C)(C)C)C=C(C(C)(C)C)C1)c1cc4c(cc1B3c1sc3cc(C(C)(C)C)ccc3c1N2C1=CCC(C(C)(C)C)C=C1)C(C)(C)CCC4(C)C. The number of aryl methyl sites for hydroxylation is 1. The minimum atomic E-state index is 0.0314. The topological polar surface area (TPSA) is 6.48 Å². The molecule has 320 valence electrons. The summed E-state index contributed by atoms with van der Waals surface area (Å²) in [5.41, 5.74) is 19.2. The van der Waals surface area contributed by atoms with Crippen LogP contribution in [0.4, 0.5) is 22.7 Å². The number of thiophene rings is 1. The van der Waals surface area contributed by atoms with Gasteiger partial charge in [-0.25, -0.2) is 0 Å². The lowest BCUT2D eigenvalue weighted by molar-refractivity contribution is 0.293. The summed E-state index contributed by atoms with van der Waals surface area (Å²) in [4.78, 5) is 5.55. The van der Waals surface area contributed by atoms with E-state index in [4.69, 9.17) is 0 Å². The molecule has 4 aromatic rings. The van der Waals surface area contributed by atoms with Crippen LogP contribution in [0.3, 0.4) is 0 Å².